The Morgan fingerprint density at radius 3 is 2.75 bits per heavy atom. The molecule has 0 spiro atoms. The van der Waals surface area contributed by atoms with E-state index in [4.69, 9.17) is 15.9 Å². The van der Waals surface area contributed by atoms with Crippen molar-refractivity contribution in [1.82, 2.24) is 0 Å². The maximum atomic E-state index is 5.85. The fraction of sp³-hybridized carbons (Fsp3) is 0.556. The predicted molar refractivity (Wildman–Crippen MR) is 48.7 cm³/mol. The van der Waals surface area contributed by atoms with Crippen LogP contribution in [-0.4, -0.2) is 6.54 Å². The number of hydrogen-bond acceptors (Lipinski definition) is 3. The van der Waals surface area contributed by atoms with Gasteiger partial charge in [-0.25, -0.2) is 0 Å². The van der Waals surface area contributed by atoms with Crippen molar-refractivity contribution in [3.63, 3.8) is 0 Å². The molecule has 0 radical (unpaired) electrons. The molecule has 3 nitrogen and oxygen atoms in total. The zero-order valence-electron chi connectivity index (χ0n) is 7.42. The number of nitrogens with two attached hydrogens (primary N) is 2. The average molecular weight is 168 g/mol. The fourth-order valence-electron chi connectivity index (χ4n) is 1.13. The molecule has 1 aromatic rings. The van der Waals surface area contributed by atoms with Crippen LogP contribution in [0.5, 0.6) is 0 Å². The van der Waals surface area contributed by atoms with Crippen molar-refractivity contribution in [3.05, 3.63) is 23.7 Å². The standard InChI is InChI=1S/C9H16N2O/c1-7-4-5-9(12-7)8(11)3-2-6-10/h4-5,8H,2-3,6,10-11H2,1H3/t8-/m1/s1. The van der Waals surface area contributed by atoms with Crippen LogP contribution in [0.2, 0.25) is 0 Å². The van der Waals surface area contributed by atoms with E-state index in [1.807, 2.05) is 19.1 Å². The highest BCUT2D eigenvalue weighted by atomic mass is 16.3. The molecule has 0 aliphatic rings. The molecule has 0 aliphatic carbocycles. The summed E-state index contributed by atoms with van der Waals surface area (Å²) in [4.78, 5) is 0. The van der Waals surface area contributed by atoms with Gasteiger partial charge in [-0.1, -0.05) is 0 Å². The SMILES string of the molecule is Cc1ccc([C@H](N)CCCN)o1. The van der Waals surface area contributed by atoms with E-state index in [-0.39, 0.29) is 6.04 Å². The van der Waals surface area contributed by atoms with Gasteiger partial charge in [0, 0.05) is 0 Å². The van der Waals surface area contributed by atoms with Gasteiger partial charge < -0.3 is 15.9 Å². The molecule has 3 heteroatoms. The molecular formula is C9H16N2O. The maximum Gasteiger partial charge on any atom is 0.120 e. The van der Waals surface area contributed by atoms with Crippen LogP contribution < -0.4 is 11.5 Å². The first-order valence-electron chi connectivity index (χ1n) is 4.26. The first-order chi connectivity index (χ1) is 5.74. The Balaban J connectivity index is 2.47. The van der Waals surface area contributed by atoms with E-state index in [0.717, 1.165) is 24.4 Å². The van der Waals surface area contributed by atoms with E-state index >= 15 is 0 Å². The first kappa shape index (κ1) is 9.29. The molecule has 1 atom stereocenters. The van der Waals surface area contributed by atoms with Gasteiger partial charge >= 0.3 is 0 Å². The van der Waals surface area contributed by atoms with Crippen LogP contribution in [0.15, 0.2) is 16.5 Å². The van der Waals surface area contributed by atoms with E-state index in [9.17, 15) is 0 Å². The van der Waals surface area contributed by atoms with Crippen molar-refractivity contribution >= 4 is 0 Å². The van der Waals surface area contributed by atoms with Crippen molar-refractivity contribution in [2.75, 3.05) is 6.54 Å². The minimum absolute atomic E-state index is 0.00208. The lowest BCUT2D eigenvalue weighted by molar-refractivity contribution is 0.430. The molecule has 4 N–H and O–H groups in total. The Morgan fingerprint density at radius 2 is 2.25 bits per heavy atom. The van der Waals surface area contributed by atoms with Crippen LogP contribution in [0.1, 0.15) is 30.4 Å². The van der Waals surface area contributed by atoms with Crippen molar-refractivity contribution in [1.29, 1.82) is 0 Å². The summed E-state index contributed by atoms with van der Waals surface area (Å²) in [6.45, 7) is 2.60. The van der Waals surface area contributed by atoms with Crippen LogP contribution in [0.4, 0.5) is 0 Å². The summed E-state index contributed by atoms with van der Waals surface area (Å²) >= 11 is 0. The van der Waals surface area contributed by atoms with Gasteiger partial charge in [-0.2, -0.15) is 0 Å². The molecule has 1 aromatic heterocycles. The molecule has 1 rings (SSSR count). The normalized spacial score (nSPS) is 13.2. The lowest BCUT2D eigenvalue weighted by atomic mass is 10.1. The van der Waals surface area contributed by atoms with Crippen molar-refractivity contribution in [2.45, 2.75) is 25.8 Å². The van der Waals surface area contributed by atoms with E-state index in [1.54, 1.807) is 0 Å². The molecule has 1 heterocycles. The zero-order chi connectivity index (χ0) is 8.97. The highest BCUT2D eigenvalue weighted by Gasteiger charge is 2.08. The molecule has 0 bridgehead atoms. The van der Waals surface area contributed by atoms with Gasteiger partial charge in [0.05, 0.1) is 6.04 Å². The third-order valence-electron chi connectivity index (χ3n) is 1.85. The number of aryl methyl sites for hydroxylation is 1. The van der Waals surface area contributed by atoms with Crippen LogP contribution in [0.3, 0.4) is 0 Å². The summed E-state index contributed by atoms with van der Waals surface area (Å²) in [5.41, 5.74) is 11.2. The minimum atomic E-state index is 0.00208. The Kier molecular flexibility index (Phi) is 3.31. The molecule has 0 aliphatic heterocycles. The van der Waals surface area contributed by atoms with Gasteiger partial charge in [0.2, 0.25) is 0 Å². The summed E-state index contributed by atoms with van der Waals surface area (Å²) in [6.07, 6.45) is 1.84. The Labute approximate surface area is 72.7 Å². The second-order valence-corrected chi connectivity index (χ2v) is 2.99. The molecule has 0 fully saturated rings. The third kappa shape index (κ3) is 2.36. The van der Waals surface area contributed by atoms with E-state index in [1.165, 1.54) is 0 Å². The highest BCUT2D eigenvalue weighted by Crippen LogP contribution is 2.17. The monoisotopic (exact) mass is 168 g/mol. The summed E-state index contributed by atoms with van der Waals surface area (Å²) in [7, 11) is 0. The van der Waals surface area contributed by atoms with Crippen LogP contribution >= 0.6 is 0 Å². The summed E-state index contributed by atoms with van der Waals surface area (Å²) < 4.78 is 5.38. The van der Waals surface area contributed by atoms with Crippen molar-refractivity contribution in [2.24, 2.45) is 11.5 Å². The molecule has 12 heavy (non-hydrogen) atoms. The summed E-state index contributed by atoms with van der Waals surface area (Å²) in [6, 6.07) is 3.86. The topological polar surface area (TPSA) is 65.2 Å². The molecule has 0 amide bonds. The number of furan rings is 1. The largest absolute Gasteiger partial charge is 0.465 e. The Bertz CT molecular complexity index is 232. The maximum absolute atomic E-state index is 5.85. The summed E-state index contributed by atoms with van der Waals surface area (Å²) in [5.74, 6) is 1.77. The van der Waals surface area contributed by atoms with E-state index < -0.39 is 0 Å². The quantitative estimate of drug-likeness (QED) is 0.712. The Hall–Kier alpha value is -0.800. The lowest BCUT2D eigenvalue weighted by Gasteiger charge is -2.06. The lowest BCUT2D eigenvalue weighted by Crippen LogP contribution is -2.11. The van der Waals surface area contributed by atoms with Gasteiger partial charge in [0.25, 0.3) is 0 Å². The Morgan fingerprint density at radius 1 is 1.50 bits per heavy atom. The van der Waals surface area contributed by atoms with E-state index in [0.29, 0.717) is 6.54 Å². The van der Waals surface area contributed by atoms with E-state index in [2.05, 4.69) is 0 Å². The molecule has 0 saturated heterocycles. The second-order valence-electron chi connectivity index (χ2n) is 2.99. The highest BCUT2D eigenvalue weighted by molar-refractivity contribution is 5.08. The molecule has 0 aromatic carbocycles. The molecule has 68 valence electrons. The van der Waals surface area contributed by atoms with Crippen LogP contribution in [-0.2, 0) is 0 Å². The smallest absolute Gasteiger partial charge is 0.120 e. The van der Waals surface area contributed by atoms with Crippen molar-refractivity contribution in [3.8, 4) is 0 Å². The molecular weight excluding hydrogens is 152 g/mol. The zero-order valence-corrected chi connectivity index (χ0v) is 7.42. The minimum Gasteiger partial charge on any atom is -0.465 e. The first-order valence-corrected chi connectivity index (χ1v) is 4.26. The van der Waals surface area contributed by atoms with Crippen molar-refractivity contribution < 1.29 is 4.42 Å². The number of rotatable bonds is 4. The molecule has 0 saturated carbocycles. The van der Waals surface area contributed by atoms with Gasteiger partial charge in [-0.15, -0.1) is 0 Å². The average Bonchev–Trinajstić information content (AvgIpc) is 2.47. The van der Waals surface area contributed by atoms with Gasteiger partial charge in [-0.3, -0.25) is 0 Å². The van der Waals surface area contributed by atoms with Gasteiger partial charge in [0.1, 0.15) is 11.5 Å². The second kappa shape index (κ2) is 4.28. The van der Waals surface area contributed by atoms with Gasteiger partial charge in [-0.05, 0) is 38.4 Å². The van der Waals surface area contributed by atoms with Crippen LogP contribution in [0, 0.1) is 6.92 Å². The van der Waals surface area contributed by atoms with Gasteiger partial charge in [0.15, 0.2) is 0 Å². The summed E-state index contributed by atoms with van der Waals surface area (Å²) in [5, 5.41) is 0. The van der Waals surface area contributed by atoms with Crippen LogP contribution in [0.25, 0.3) is 0 Å². The molecule has 0 unspecified atom stereocenters. The number of hydrogen-bond donors (Lipinski definition) is 2. The predicted octanol–water partition coefficient (Wildman–Crippen LogP) is 1.33. The third-order valence-corrected chi connectivity index (χ3v) is 1.85. The fourth-order valence-corrected chi connectivity index (χ4v) is 1.13.